The highest BCUT2D eigenvalue weighted by Gasteiger charge is 2.26. The van der Waals surface area contributed by atoms with Gasteiger partial charge < -0.3 is 10.3 Å². The lowest BCUT2D eigenvalue weighted by Gasteiger charge is -2.17. The van der Waals surface area contributed by atoms with Crippen molar-refractivity contribution in [2.45, 2.75) is 18.4 Å². The van der Waals surface area contributed by atoms with Gasteiger partial charge >= 0.3 is 0 Å². The van der Waals surface area contributed by atoms with Crippen LogP contribution in [0, 0.1) is 6.92 Å². The molecule has 0 aliphatic rings. The Labute approximate surface area is 136 Å². The summed E-state index contributed by atoms with van der Waals surface area (Å²) in [6.07, 6.45) is 0. The Bertz CT molecular complexity index is 776. The van der Waals surface area contributed by atoms with Gasteiger partial charge in [0.2, 0.25) is 10.0 Å². The van der Waals surface area contributed by atoms with Crippen LogP contribution >= 0.6 is 27.5 Å². The van der Waals surface area contributed by atoms with Crippen LogP contribution in [0.25, 0.3) is 0 Å². The van der Waals surface area contributed by atoms with E-state index in [0.717, 1.165) is 4.31 Å². The lowest BCUT2D eigenvalue weighted by Crippen LogP contribution is -2.27. The second-order valence-electron chi connectivity index (χ2n) is 4.50. The van der Waals surface area contributed by atoms with Gasteiger partial charge in [-0.05, 0) is 35.0 Å². The van der Waals surface area contributed by atoms with Crippen LogP contribution in [0.4, 0.5) is 5.69 Å². The first-order valence-electron chi connectivity index (χ1n) is 5.85. The fourth-order valence-electron chi connectivity index (χ4n) is 1.75. The van der Waals surface area contributed by atoms with Gasteiger partial charge in [-0.25, -0.2) is 8.42 Å². The van der Waals surface area contributed by atoms with Gasteiger partial charge in [0.05, 0.1) is 21.6 Å². The van der Waals surface area contributed by atoms with Crippen LogP contribution in [-0.4, -0.2) is 24.9 Å². The number of hydrogen-bond donors (Lipinski definition) is 1. The average molecular weight is 395 g/mol. The quantitative estimate of drug-likeness (QED) is 0.805. The van der Waals surface area contributed by atoms with E-state index in [9.17, 15) is 8.42 Å². The van der Waals surface area contributed by atoms with E-state index >= 15 is 0 Å². The van der Waals surface area contributed by atoms with Crippen molar-refractivity contribution in [2.24, 2.45) is 0 Å². The van der Waals surface area contributed by atoms with Gasteiger partial charge in [-0.15, -0.1) is 0 Å². The normalized spacial score (nSPS) is 12.0. The Balaban J connectivity index is 2.37. The maximum atomic E-state index is 12.6. The summed E-state index contributed by atoms with van der Waals surface area (Å²) in [6.45, 7) is 1.82. The first-order valence-corrected chi connectivity index (χ1v) is 8.46. The van der Waals surface area contributed by atoms with E-state index in [2.05, 4.69) is 21.1 Å². The third-order valence-electron chi connectivity index (χ3n) is 2.78. The Hall–Kier alpha value is -1.09. The summed E-state index contributed by atoms with van der Waals surface area (Å²) in [5, 5.41) is 4.03. The predicted octanol–water partition coefficient (Wildman–Crippen LogP) is 2.80. The van der Waals surface area contributed by atoms with Gasteiger partial charge in [-0.1, -0.05) is 16.8 Å². The average Bonchev–Trinajstić information content (AvgIpc) is 2.79. The minimum Gasteiger partial charge on any atom is -0.398 e. The molecule has 0 saturated heterocycles. The monoisotopic (exact) mass is 393 g/mol. The van der Waals surface area contributed by atoms with Crippen molar-refractivity contribution in [1.82, 2.24) is 9.46 Å². The number of rotatable bonds is 4. The molecule has 2 rings (SSSR count). The number of anilines is 1. The van der Waals surface area contributed by atoms with Crippen molar-refractivity contribution in [3.05, 3.63) is 39.1 Å². The molecule has 0 radical (unpaired) electrons. The molecule has 0 fully saturated rings. The smallest absolute Gasteiger partial charge is 0.244 e. The maximum absolute atomic E-state index is 12.6. The fourth-order valence-corrected chi connectivity index (χ4v) is 4.14. The van der Waals surface area contributed by atoms with Crippen molar-refractivity contribution in [3.63, 3.8) is 0 Å². The molecular weight excluding hydrogens is 382 g/mol. The van der Waals surface area contributed by atoms with Crippen LogP contribution in [0.1, 0.15) is 11.5 Å². The number of sulfonamides is 1. The Morgan fingerprint density at radius 1 is 1.43 bits per heavy atom. The topological polar surface area (TPSA) is 89.4 Å². The Morgan fingerprint density at radius 3 is 2.67 bits per heavy atom. The van der Waals surface area contributed by atoms with Crippen LogP contribution in [0.2, 0.25) is 5.02 Å². The summed E-state index contributed by atoms with van der Waals surface area (Å²) in [5.41, 5.74) is 6.51. The highest BCUT2D eigenvalue weighted by Crippen LogP contribution is 2.33. The summed E-state index contributed by atoms with van der Waals surface area (Å²) in [6, 6.07) is 4.50. The number of nitrogens with two attached hydrogens (primary N) is 1. The molecule has 1 aromatic carbocycles. The summed E-state index contributed by atoms with van der Waals surface area (Å²) >= 11 is 9.07. The molecule has 2 aromatic rings. The van der Waals surface area contributed by atoms with E-state index in [0.29, 0.717) is 11.5 Å². The molecule has 0 saturated carbocycles. The van der Waals surface area contributed by atoms with E-state index < -0.39 is 10.0 Å². The fraction of sp³-hybridized carbons (Fsp3) is 0.250. The van der Waals surface area contributed by atoms with Gasteiger partial charge in [0.25, 0.3) is 0 Å². The number of benzene rings is 1. The zero-order valence-electron chi connectivity index (χ0n) is 11.3. The molecule has 1 aromatic heterocycles. The van der Waals surface area contributed by atoms with Crippen molar-refractivity contribution >= 4 is 43.2 Å². The van der Waals surface area contributed by atoms with Crippen LogP contribution in [-0.2, 0) is 16.6 Å². The zero-order chi connectivity index (χ0) is 15.8. The number of halogens is 2. The molecule has 21 heavy (non-hydrogen) atoms. The van der Waals surface area contributed by atoms with Gasteiger partial charge in [0.1, 0.15) is 5.76 Å². The molecule has 6 nitrogen and oxygen atoms in total. The van der Waals surface area contributed by atoms with Gasteiger partial charge in [-0.3, -0.25) is 0 Å². The minimum atomic E-state index is -3.76. The SMILES string of the molecule is Cc1cc(CN(C)S(=O)(=O)c2cc(Cl)cc(N)c2Br)no1. The summed E-state index contributed by atoms with van der Waals surface area (Å²) in [5.74, 6) is 0.615. The molecule has 0 atom stereocenters. The van der Waals surface area contributed by atoms with Gasteiger partial charge in [0, 0.05) is 23.8 Å². The van der Waals surface area contributed by atoms with Gasteiger partial charge in [0.15, 0.2) is 0 Å². The molecule has 0 aliphatic heterocycles. The number of aryl methyl sites for hydroxylation is 1. The third-order valence-corrected chi connectivity index (χ3v) is 5.97. The van der Waals surface area contributed by atoms with Crippen molar-refractivity contribution < 1.29 is 12.9 Å². The third kappa shape index (κ3) is 3.39. The second kappa shape index (κ2) is 5.96. The van der Waals surface area contributed by atoms with Crippen molar-refractivity contribution in [3.8, 4) is 0 Å². The molecule has 0 spiro atoms. The molecule has 0 unspecified atom stereocenters. The Morgan fingerprint density at radius 2 is 2.10 bits per heavy atom. The molecule has 0 bridgehead atoms. The van der Waals surface area contributed by atoms with Gasteiger partial charge in [-0.2, -0.15) is 4.31 Å². The molecule has 114 valence electrons. The Kier molecular flexibility index (Phi) is 4.62. The summed E-state index contributed by atoms with van der Waals surface area (Å²) in [7, 11) is -2.32. The zero-order valence-corrected chi connectivity index (χ0v) is 14.5. The van der Waals surface area contributed by atoms with Crippen LogP contribution in [0.3, 0.4) is 0 Å². The van der Waals surface area contributed by atoms with E-state index in [4.69, 9.17) is 21.9 Å². The number of aromatic nitrogens is 1. The minimum absolute atomic E-state index is 0.00946. The van der Waals surface area contributed by atoms with E-state index in [1.165, 1.54) is 19.2 Å². The number of nitrogens with zero attached hydrogens (tertiary/aromatic N) is 2. The lowest BCUT2D eigenvalue weighted by molar-refractivity contribution is 0.378. The van der Waals surface area contributed by atoms with E-state index in [-0.39, 0.29) is 26.6 Å². The van der Waals surface area contributed by atoms with Crippen molar-refractivity contribution in [1.29, 1.82) is 0 Å². The lowest BCUT2D eigenvalue weighted by atomic mass is 10.3. The first-order chi connectivity index (χ1) is 9.71. The second-order valence-corrected chi connectivity index (χ2v) is 7.74. The van der Waals surface area contributed by atoms with Crippen LogP contribution in [0.5, 0.6) is 0 Å². The standard InChI is InChI=1S/C12H13BrClN3O3S/c1-7-3-9(16-20-7)6-17(2)21(18,19)11-5-8(14)4-10(15)12(11)13/h3-5H,6,15H2,1-2H3. The summed E-state index contributed by atoms with van der Waals surface area (Å²) < 4.78 is 31.5. The highest BCUT2D eigenvalue weighted by molar-refractivity contribution is 9.10. The van der Waals surface area contributed by atoms with Crippen LogP contribution in [0.15, 0.2) is 32.1 Å². The molecule has 1 heterocycles. The van der Waals surface area contributed by atoms with Crippen molar-refractivity contribution in [2.75, 3.05) is 12.8 Å². The number of hydrogen-bond acceptors (Lipinski definition) is 5. The first kappa shape index (κ1) is 16.3. The van der Waals surface area contributed by atoms with Crippen LogP contribution < -0.4 is 5.73 Å². The summed E-state index contributed by atoms with van der Waals surface area (Å²) in [4.78, 5) is 0.00946. The number of nitrogen functional groups attached to an aromatic ring is 1. The highest BCUT2D eigenvalue weighted by atomic mass is 79.9. The van der Waals surface area contributed by atoms with E-state index in [1.807, 2.05) is 0 Å². The molecule has 9 heteroatoms. The van der Waals surface area contributed by atoms with E-state index in [1.54, 1.807) is 13.0 Å². The maximum Gasteiger partial charge on any atom is 0.244 e. The molecule has 0 aliphatic carbocycles. The molecule has 0 amide bonds. The predicted molar refractivity (Wildman–Crippen MR) is 83.5 cm³/mol. The largest absolute Gasteiger partial charge is 0.398 e. The molecular formula is C12H13BrClN3O3S. The molecule has 2 N–H and O–H groups in total.